The second kappa shape index (κ2) is 6.95. The predicted octanol–water partition coefficient (Wildman–Crippen LogP) is 2.82. The fraction of sp³-hybridized carbons (Fsp3) is 0.444. The zero-order valence-electron chi connectivity index (χ0n) is 14.8. The first-order valence-corrected chi connectivity index (χ1v) is 7.84. The van der Waals surface area contributed by atoms with Gasteiger partial charge in [0, 0.05) is 16.9 Å². The SMILES string of the molecule is Cc1cc(C(=O)OCC(=O)NC(C)(C)C)c(C)n1Cc1ccco1. The number of ether oxygens (including phenoxy) is 1. The molecular weight excluding hydrogens is 308 g/mol. The van der Waals surface area contributed by atoms with E-state index in [1.165, 1.54) is 0 Å². The highest BCUT2D eigenvalue weighted by Gasteiger charge is 2.20. The Morgan fingerprint density at radius 2 is 2.00 bits per heavy atom. The first kappa shape index (κ1) is 17.8. The summed E-state index contributed by atoms with van der Waals surface area (Å²) in [6.07, 6.45) is 1.62. The van der Waals surface area contributed by atoms with Crippen molar-refractivity contribution >= 4 is 11.9 Å². The van der Waals surface area contributed by atoms with E-state index in [1.807, 2.05) is 51.3 Å². The zero-order valence-corrected chi connectivity index (χ0v) is 14.8. The highest BCUT2D eigenvalue weighted by molar-refractivity contribution is 5.92. The molecule has 0 aliphatic rings. The molecule has 2 aromatic heterocycles. The smallest absolute Gasteiger partial charge is 0.340 e. The number of rotatable bonds is 5. The summed E-state index contributed by atoms with van der Waals surface area (Å²) in [6, 6.07) is 5.47. The van der Waals surface area contributed by atoms with E-state index in [1.54, 1.807) is 12.3 Å². The topological polar surface area (TPSA) is 73.5 Å². The van der Waals surface area contributed by atoms with E-state index in [0.29, 0.717) is 12.1 Å². The Morgan fingerprint density at radius 3 is 2.58 bits per heavy atom. The minimum atomic E-state index is -0.502. The molecule has 0 bridgehead atoms. The van der Waals surface area contributed by atoms with Gasteiger partial charge in [0.1, 0.15) is 5.76 Å². The van der Waals surface area contributed by atoms with Gasteiger partial charge in [0.15, 0.2) is 6.61 Å². The van der Waals surface area contributed by atoms with Crippen LogP contribution in [0.3, 0.4) is 0 Å². The van der Waals surface area contributed by atoms with Gasteiger partial charge in [-0.3, -0.25) is 4.79 Å². The van der Waals surface area contributed by atoms with Gasteiger partial charge in [-0.25, -0.2) is 4.79 Å². The van der Waals surface area contributed by atoms with Crippen molar-refractivity contribution in [2.45, 2.75) is 46.7 Å². The third kappa shape index (κ3) is 4.50. The molecule has 6 nitrogen and oxygen atoms in total. The molecular formula is C18H24N2O4. The van der Waals surface area contributed by atoms with Crippen LogP contribution >= 0.6 is 0 Å². The number of aryl methyl sites for hydroxylation is 1. The van der Waals surface area contributed by atoms with E-state index in [2.05, 4.69) is 5.32 Å². The van der Waals surface area contributed by atoms with Crippen molar-refractivity contribution in [3.05, 3.63) is 47.2 Å². The molecule has 0 aliphatic heterocycles. The van der Waals surface area contributed by atoms with Gasteiger partial charge in [-0.05, 0) is 52.8 Å². The van der Waals surface area contributed by atoms with E-state index in [9.17, 15) is 9.59 Å². The predicted molar refractivity (Wildman–Crippen MR) is 89.9 cm³/mol. The molecule has 2 aromatic rings. The summed E-state index contributed by atoms with van der Waals surface area (Å²) in [5.41, 5.74) is 1.81. The van der Waals surface area contributed by atoms with Crippen molar-refractivity contribution in [1.29, 1.82) is 0 Å². The van der Waals surface area contributed by atoms with Crippen molar-refractivity contribution < 1.29 is 18.7 Å². The number of carbonyl (C=O) groups excluding carboxylic acids is 2. The number of furan rings is 1. The molecule has 2 rings (SSSR count). The van der Waals surface area contributed by atoms with Crippen molar-refractivity contribution in [3.63, 3.8) is 0 Å². The summed E-state index contributed by atoms with van der Waals surface area (Å²) < 4.78 is 12.5. The number of carbonyl (C=O) groups is 2. The average molecular weight is 332 g/mol. The molecule has 0 unspecified atom stereocenters. The molecule has 0 saturated carbocycles. The lowest BCUT2D eigenvalue weighted by Gasteiger charge is -2.20. The number of hydrogen-bond acceptors (Lipinski definition) is 4. The Hall–Kier alpha value is -2.50. The van der Waals surface area contributed by atoms with E-state index in [-0.39, 0.29) is 18.1 Å². The Morgan fingerprint density at radius 1 is 1.29 bits per heavy atom. The highest BCUT2D eigenvalue weighted by Crippen LogP contribution is 2.18. The molecule has 6 heteroatoms. The fourth-order valence-corrected chi connectivity index (χ4v) is 2.47. The van der Waals surface area contributed by atoms with Gasteiger partial charge in [0.25, 0.3) is 5.91 Å². The summed E-state index contributed by atoms with van der Waals surface area (Å²) >= 11 is 0. The maximum Gasteiger partial charge on any atom is 0.340 e. The molecule has 0 aliphatic carbocycles. The largest absolute Gasteiger partial charge is 0.467 e. The van der Waals surface area contributed by atoms with Crippen LogP contribution in [-0.2, 0) is 16.1 Å². The molecule has 0 spiro atoms. The quantitative estimate of drug-likeness (QED) is 0.855. The number of nitrogens with one attached hydrogen (secondary N) is 1. The lowest BCUT2D eigenvalue weighted by atomic mass is 10.1. The summed E-state index contributed by atoms with van der Waals surface area (Å²) in [5, 5.41) is 2.75. The minimum absolute atomic E-state index is 0.294. The second-order valence-electron chi connectivity index (χ2n) is 6.82. The molecule has 0 atom stereocenters. The second-order valence-corrected chi connectivity index (χ2v) is 6.82. The van der Waals surface area contributed by atoms with Gasteiger partial charge in [-0.15, -0.1) is 0 Å². The average Bonchev–Trinajstić information content (AvgIpc) is 3.06. The van der Waals surface area contributed by atoms with Crippen molar-refractivity contribution in [2.75, 3.05) is 6.61 Å². The van der Waals surface area contributed by atoms with Gasteiger partial charge in [0.05, 0.1) is 18.4 Å². The summed E-state index contributed by atoms with van der Waals surface area (Å²) in [7, 11) is 0. The number of hydrogen-bond donors (Lipinski definition) is 1. The normalized spacial score (nSPS) is 11.4. The van der Waals surface area contributed by atoms with E-state index >= 15 is 0 Å². The lowest BCUT2D eigenvalue weighted by molar-refractivity contribution is -0.125. The van der Waals surface area contributed by atoms with Crippen LogP contribution in [0.1, 0.15) is 48.3 Å². The van der Waals surface area contributed by atoms with Gasteiger partial charge in [0.2, 0.25) is 0 Å². The maximum atomic E-state index is 12.3. The number of nitrogens with zero attached hydrogens (tertiary/aromatic N) is 1. The Bertz CT molecular complexity index is 721. The van der Waals surface area contributed by atoms with Crippen molar-refractivity contribution in [1.82, 2.24) is 9.88 Å². The van der Waals surface area contributed by atoms with Gasteiger partial charge in [-0.1, -0.05) is 0 Å². The van der Waals surface area contributed by atoms with Crippen molar-refractivity contribution in [3.8, 4) is 0 Å². The number of esters is 1. The van der Waals surface area contributed by atoms with Gasteiger partial charge in [-0.2, -0.15) is 0 Å². The molecule has 1 amide bonds. The van der Waals surface area contributed by atoms with E-state index < -0.39 is 5.97 Å². The summed E-state index contributed by atoms with van der Waals surface area (Å²) in [6.45, 7) is 9.63. The van der Waals surface area contributed by atoms with Crippen molar-refractivity contribution in [2.24, 2.45) is 0 Å². The van der Waals surface area contributed by atoms with Gasteiger partial charge < -0.3 is 19.0 Å². The fourth-order valence-electron chi connectivity index (χ4n) is 2.47. The van der Waals surface area contributed by atoms with E-state index in [0.717, 1.165) is 17.1 Å². The Kier molecular flexibility index (Phi) is 5.17. The molecule has 0 radical (unpaired) electrons. The van der Waals surface area contributed by atoms with Crippen LogP contribution in [0.4, 0.5) is 0 Å². The monoisotopic (exact) mass is 332 g/mol. The van der Waals surface area contributed by atoms with Crippen LogP contribution < -0.4 is 5.32 Å². The maximum absolute atomic E-state index is 12.3. The first-order valence-electron chi connectivity index (χ1n) is 7.84. The minimum Gasteiger partial charge on any atom is -0.467 e. The third-order valence-electron chi connectivity index (χ3n) is 3.54. The zero-order chi connectivity index (χ0) is 17.9. The number of amides is 1. The first-order chi connectivity index (χ1) is 11.2. The van der Waals surface area contributed by atoms with Gasteiger partial charge >= 0.3 is 5.97 Å². The highest BCUT2D eigenvalue weighted by atomic mass is 16.5. The summed E-state index contributed by atoms with van der Waals surface area (Å²) in [5.74, 6) is -0.0145. The van der Waals surface area contributed by atoms with Crippen LogP contribution in [-0.4, -0.2) is 28.6 Å². The van der Waals surface area contributed by atoms with Crippen LogP contribution in [0.5, 0.6) is 0 Å². The number of aromatic nitrogens is 1. The molecule has 0 fully saturated rings. The Labute approximate surface area is 141 Å². The van der Waals surface area contributed by atoms with Crippen LogP contribution in [0.25, 0.3) is 0 Å². The Balaban J connectivity index is 2.04. The molecule has 0 aromatic carbocycles. The van der Waals surface area contributed by atoms with Crippen LogP contribution in [0, 0.1) is 13.8 Å². The molecule has 2 heterocycles. The third-order valence-corrected chi connectivity index (χ3v) is 3.54. The molecule has 24 heavy (non-hydrogen) atoms. The molecule has 1 N–H and O–H groups in total. The summed E-state index contributed by atoms with van der Waals surface area (Å²) in [4.78, 5) is 24.0. The van der Waals surface area contributed by atoms with Crippen LogP contribution in [0.2, 0.25) is 0 Å². The lowest BCUT2D eigenvalue weighted by Crippen LogP contribution is -2.42. The standard InChI is InChI=1S/C18H24N2O4/c1-12-9-15(13(2)20(12)10-14-7-6-8-23-14)17(22)24-11-16(21)19-18(3,4)5/h6-9H,10-11H2,1-5H3,(H,19,21). The molecule has 130 valence electrons. The van der Waals surface area contributed by atoms with Crippen LogP contribution in [0.15, 0.2) is 28.9 Å². The molecule has 0 saturated heterocycles. The van der Waals surface area contributed by atoms with E-state index in [4.69, 9.17) is 9.15 Å².